The molecule has 1 atom stereocenters. The topological polar surface area (TPSA) is 69.4 Å². The SMILES string of the molecule is CC(Oc1cccc(S(C)(=O)=O)c1N)C(F)(F)F. The Morgan fingerprint density at radius 1 is 1.33 bits per heavy atom. The first-order valence-electron chi connectivity index (χ1n) is 4.85. The van der Waals surface area contributed by atoms with E-state index in [0.717, 1.165) is 13.2 Å². The molecule has 102 valence electrons. The molecular weight excluding hydrogens is 271 g/mol. The van der Waals surface area contributed by atoms with Gasteiger partial charge in [0.2, 0.25) is 0 Å². The van der Waals surface area contributed by atoms with Crippen LogP contribution in [0.3, 0.4) is 0 Å². The van der Waals surface area contributed by atoms with E-state index in [1.54, 1.807) is 0 Å². The fourth-order valence-corrected chi connectivity index (χ4v) is 2.03. The summed E-state index contributed by atoms with van der Waals surface area (Å²) in [5.74, 6) is -0.303. The van der Waals surface area contributed by atoms with Crippen molar-refractivity contribution in [3.8, 4) is 5.75 Å². The van der Waals surface area contributed by atoms with Crippen LogP contribution in [0.2, 0.25) is 0 Å². The van der Waals surface area contributed by atoms with Crippen LogP contribution >= 0.6 is 0 Å². The number of rotatable bonds is 3. The highest BCUT2D eigenvalue weighted by Gasteiger charge is 2.38. The van der Waals surface area contributed by atoms with Crippen molar-refractivity contribution in [1.82, 2.24) is 0 Å². The summed E-state index contributed by atoms with van der Waals surface area (Å²) in [6.45, 7) is 0.812. The molecule has 0 spiro atoms. The van der Waals surface area contributed by atoms with Crippen molar-refractivity contribution in [2.24, 2.45) is 0 Å². The molecule has 4 nitrogen and oxygen atoms in total. The number of nitrogens with two attached hydrogens (primary N) is 1. The molecule has 0 heterocycles. The molecular formula is C10H12F3NO3S. The Balaban J connectivity index is 3.14. The highest BCUT2D eigenvalue weighted by Crippen LogP contribution is 2.32. The molecule has 0 bridgehead atoms. The molecule has 8 heteroatoms. The van der Waals surface area contributed by atoms with E-state index < -0.39 is 22.1 Å². The van der Waals surface area contributed by atoms with Crippen molar-refractivity contribution in [3.05, 3.63) is 18.2 Å². The van der Waals surface area contributed by atoms with Crippen molar-refractivity contribution in [2.45, 2.75) is 24.1 Å². The van der Waals surface area contributed by atoms with E-state index >= 15 is 0 Å². The summed E-state index contributed by atoms with van der Waals surface area (Å²) in [7, 11) is -3.61. The molecule has 0 saturated carbocycles. The van der Waals surface area contributed by atoms with E-state index in [1.165, 1.54) is 18.2 Å². The van der Waals surface area contributed by atoms with Gasteiger partial charge in [-0.25, -0.2) is 8.42 Å². The van der Waals surface area contributed by atoms with Gasteiger partial charge >= 0.3 is 6.18 Å². The van der Waals surface area contributed by atoms with Crippen molar-refractivity contribution >= 4 is 15.5 Å². The first kappa shape index (κ1) is 14.6. The van der Waals surface area contributed by atoms with Gasteiger partial charge in [-0.3, -0.25) is 0 Å². The Hall–Kier alpha value is -1.44. The van der Waals surface area contributed by atoms with E-state index in [9.17, 15) is 21.6 Å². The number of hydrogen-bond donors (Lipinski definition) is 1. The van der Waals surface area contributed by atoms with Gasteiger partial charge < -0.3 is 10.5 Å². The maximum Gasteiger partial charge on any atom is 0.425 e. The second-order valence-corrected chi connectivity index (χ2v) is 5.73. The van der Waals surface area contributed by atoms with Crippen LogP contribution in [-0.4, -0.2) is 27.0 Å². The predicted molar refractivity (Wildman–Crippen MR) is 60.1 cm³/mol. The Labute approximate surface area is 102 Å². The van der Waals surface area contributed by atoms with Crippen molar-refractivity contribution in [3.63, 3.8) is 0 Å². The number of anilines is 1. The molecule has 0 aliphatic rings. The first-order valence-corrected chi connectivity index (χ1v) is 6.74. The summed E-state index contributed by atoms with van der Waals surface area (Å²) in [6.07, 6.45) is -5.71. The van der Waals surface area contributed by atoms with Crippen LogP contribution in [0.15, 0.2) is 23.1 Å². The van der Waals surface area contributed by atoms with Gasteiger partial charge in [0, 0.05) is 6.26 Å². The molecule has 0 fully saturated rings. The highest BCUT2D eigenvalue weighted by atomic mass is 32.2. The second-order valence-electron chi connectivity index (χ2n) is 3.74. The molecule has 1 rings (SSSR count). The third kappa shape index (κ3) is 3.28. The summed E-state index contributed by atoms with van der Waals surface area (Å²) in [6, 6.07) is 3.66. The summed E-state index contributed by atoms with van der Waals surface area (Å²) in [5.41, 5.74) is 5.17. The third-order valence-electron chi connectivity index (χ3n) is 2.19. The van der Waals surface area contributed by atoms with Gasteiger partial charge in [-0.15, -0.1) is 0 Å². The van der Waals surface area contributed by atoms with Gasteiger partial charge in [0.1, 0.15) is 5.75 Å². The number of halogens is 3. The molecule has 18 heavy (non-hydrogen) atoms. The van der Waals surface area contributed by atoms with E-state index in [2.05, 4.69) is 4.74 Å². The standard InChI is InChI=1S/C10H12F3NO3S/c1-6(10(11,12)13)17-7-4-3-5-8(9(7)14)18(2,15)16/h3-6H,14H2,1-2H3. The summed E-state index contributed by atoms with van der Waals surface area (Å²) in [5, 5.41) is 0. The smallest absolute Gasteiger partial charge is 0.425 e. The normalized spacial score (nSPS) is 14.3. The molecule has 1 aromatic rings. The predicted octanol–water partition coefficient (Wildman–Crippen LogP) is 2.00. The lowest BCUT2D eigenvalue weighted by Crippen LogP contribution is -2.31. The minimum absolute atomic E-state index is 0.255. The molecule has 0 aliphatic heterocycles. The third-order valence-corrected chi connectivity index (χ3v) is 3.35. The van der Waals surface area contributed by atoms with E-state index in [1.807, 2.05) is 0 Å². The number of alkyl halides is 3. The van der Waals surface area contributed by atoms with Crippen LogP contribution < -0.4 is 10.5 Å². The molecule has 0 aromatic heterocycles. The summed E-state index contributed by atoms with van der Waals surface area (Å²) >= 11 is 0. The van der Waals surface area contributed by atoms with Gasteiger partial charge in [-0.2, -0.15) is 13.2 Å². The molecule has 0 amide bonds. The Bertz CT molecular complexity index is 540. The van der Waals surface area contributed by atoms with Crippen molar-refractivity contribution in [2.75, 3.05) is 12.0 Å². The molecule has 2 N–H and O–H groups in total. The average Bonchev–Trinajstić information content (AvgIpc) is 2.17. The van der Waals surface area contributed by atoms with Crippen LogP contribution in [-0.2, 0) is 9.84 Å². The van der Waals surface area contributed by atoms with Crippen molar-refractivity contribution in [1.29, 1.82) is 0 Å². The van der Waals surface area contributed by atoms with E-state index in [4.69, 9.17) is 5.73 Å². The van der Waals surface area contributed by atoms with Crippen LogP contribution in [0.4, 0.5) is 18.9 Å². The zero-order valence-electron chi connectivity index (χ0n) is 9.65. The lowest BCUT2D eigenvalue weighted by Gasteiger charge is -2.19. The largest absolute Gasteiger partial charge is 0.479 e. The van der Waals surface area contributed by atoms with Crippen LogP contribution in [0.5, 0.6) is 5.75 Å². The quantitative estimate of drug-likeness (QED) is 0.861. The molecule has 1 aromatic carbocycles. The first-order chi connectivity index (χ1) is 8.03. The van der Waals surface area contributed by atoms with Crippen LogP contribution in [0, 0.1) is 0 Å². The van der Waals surface area contributed by atoms with Gasteiger partial charge in [0.15, 0.2) is 15.9 Å². The monoisotopic (exact) mass is 283 g/mol. The Kier molecular flexibility index (Phi) is 3.80. The van der Waals surface area contributed by atoms with Crippen LogP contribution in [0.25, 0.3) is 0 Å². The molecule has 0 saturated heterocycles. The second kappa shape index (κ2) is 4.68. The van der Waals surface area contributed by atoms with E-state index in [0.29, 0.717) is 0 Å². The number of nitrogen functional groups attached to an aromatic ring is 1. The lowest BCUT2D eigenvalue weighted by molar-refractivity contribution is -0.189. The Morgan fingerprint density at radius 3 is 2.33 bits per heavy atom. The van der Waals surface area contributed by atoms with Gasteiger partial charge in [0.25, 0.3) is 0 Å². The summed E-state index contributed by atoms with van der Waals surface area (Å²) in [4.78, 5) is -0.255. The fraction of sp³-hybridized carbons (Fsp3) is 0.400. The zero-order valence-corrected chi connectivity index (χ0v) is 10.5. The number of sulfone groups is 1. The number of para-hydroxylation sites is 1. The summed E-state index contributed by atoms with van der Waals surface area (Å²) < 4.78 is 64.2. The number of hydrogen-bond acceptors (Lipinski definition) is 4. The molecule has 1 unspecified atom stereocenters. The minimum Gasteiger partial charge on any atom is -0.479 e. The lowest BCUT2D eigenvalue weighted by atomic mass is 10.3. The van der Waals surface area contributed by atoms with Gasteiger partial charge in [0.05, 0.1) is 10.6 Å². The van der Waals surface area contributed by atoms with Gasteiger partial charge in [-0.1, -0.05) is 6.07 Å². The average molecular weight is 283 g/mol. The number of benzene rings is 1. The zero-order chi connectivity index (χ0) is 14.1. The number of ether oxygens (including phenoxy) is 1. The van der Waals surface area contributed by atoms with Gasteiger partial charge in [-0.05, 0) is 19.1 Å². The fourth-order valence-electron chi connectivity index (χ4n) is 1.21. The van der Waals surface area contributed by atoms with Crippen LogP contribution in [0.1, 0.15) is 6.92 Å². The maximum atomic E-state index is 12.3. The van der Waals surface area contributed by atoms with Crippen molar-refractivity contribution < 1.29 is 26.3 Å². The highest BCUT2D eigenvalue weighted by molar-refractivity contribution is 7.90. The Morgan fingerprint density at radius 2 is 1.89 bits per heavy atom. The van der Waals surface area contributed by atoms with E-state index in [-0.39, 0.29) is 16.3 Å². The maximum absolute atomic E-state index is 12.3. The molecule has 0 radical (unpaired) electrons. The minimum atomic E-state index is -4.55. The molecule has 0 aliphatic carbocycles.